The van der Waals surface area contributed by atoms with E-state index < -0.39 is 0 Å². The second kappa shape index (κ2) is 3.21. The van der Waals surface area contributed by atoms with E-state index in [1.165, 1.54) is 25.8 Å². The lowest BCUT2D eigenvalue weighted by Crippen LogP contribution is -2.27. The Morgan fingerprint density at radius 3 is 2.78 bits per heavy atom. The van der Waals surface area contributed by atoms with E-state index in [0.29, 0.717) is 0 Å². The Hall–Kier alpha value is -0.0400. The molecular formula is C8H17N. The summed E-state index contributed by atoms with van der Waals surface area (Å²) in [6.07, 6.45) is 4.19. The molecule has 1 aliphatic rings. The number of hydrogen-bond acceptors (Lipinski definition) is 1. The maximum Gasteiger partial charge on any atom is 0.00388 e. The minimum atomic E-state index is 0.759. The van der Waals surface area contributed by atoms with E-state index in [0.717, 1.165) is 12.0 Å². The molecule has 0 saturated carbocycles. The molecule has 0 amide bonds. The van der Waals surface area contributed by atoms with Gasteiger partial charge in [-0.25, -0.2) is 0 Å². The smallest absolute Gasteiger partial charge is 0.00388 e. The van der Waals surface area contributed by atoms with E-state index in [4.69, 9.17) is 0 Å². The van der Waals surface area contributed by atoms with Crippen molar-refractivity contribution in [2.45, 2.75) is 39.2 Å². The fourth-order valence-corrected chi connectivity index (χ4v) is 1.38. The lowest BCUT2D eigenvalue weighted by molar-refractivity contribution is 0.503. The van der Waals surface area contributed by atoms with Crippen molar-refractivity contribution in [2.75, 3.05) is 6.54 Å². The zero-order chi connectivity index (χ0) is 6.69. The first-order valence-corrected chi connectivity index (χ1v) is 4.02. The maximum atomic E-state index is 3.49. The van der Waals surface area contributed by atoms with Crippen LogP contribution in [0, 0.1) is 5.92 Å². The van der Waals surface area contributed by atoms with Crippen LogP contribution in [0.2, 0.25) is 0 Å². The fraction of sp³-hybridized carbons (Fsp3) is 1.00. The van der Waals surface area contributed by atoms with Crippen molar-refractivity contribution in [1.29, 1.82) is 0 Å². The number of rotatable bonds is 0. The van der Waals surface area contributed by atoms with Crippen LogP contribution in [0.25, 0.3) is 0 Å². The van der Waals surface area contributed by atoms with Crippen LogP contribution in [0.1, 0.15) is 33.1 Å². The Morgan fingerprint density at radius 1 is 1.22 bits per heavy atom. The minimum Gasteiger partial charge on any atom is -0.314 e. The van der Waals surface area contributed by atoms with Crippen molar-refractivity contribution in [2.24, 2.45) is 5.92 Å². The summed E-state index contributed by atoms with van der Waals surface area (Å²) in [7, 11) is 0. The number of nitrogens with one attached hydrogen (secondary N) is 1. The Bertz CT molecular complexity index is 70.6. The molecule has 2 unspecified atom stereocenters. The molecule has 0 aromatic heterocycles. The van der Waals surface area contributed by atoms with Gasteiger partial charge in [-0.2, -0.15) is 0 Å². The summed E-state index contributed by atoms with van der Waals surface area (Å²) >= 11 is 0. The van der Waals surface area contributed by atoms with Gasteiger partial charge in [-0.15, -0.1) is 0 Å². The molecule has 1 aliphatic heterocycles. The van der Waals surface area contributed by atoms with Gasteiger partial charge in [-0.1, -0.05) is 13.3 Å². The molecule has 54 valence electrons. The molecule has 0 aromatic carbocycles. The van der Waals surface area contributed by atoms with E-state index in [2.05, 4.69) is 19.2 Å². The third-order valence-electron chi connectivity index (χ3n) is 2.15. The molecule has 9 heavy (non-hydrogen) atoms. The quantitative estimate of drug-likeness (QED) is 0.523. The van der Waals surface area contributed by atoms with Crippen molar-refractivity contribution in [3.05, 3.63) is 0 Å². The van der Waals surface area contributed by atoms with Gasteiger partial charge in [0.05, 0.1) is 0 Å². The first kappa shape index (κ1) is 7.07. The Balaban J connectivity index is 2.25. The summed E-state index contributed by atoms with van der Waals surface area (Å²) in [5, 5.41) is 3.49. The van der Waals surface area contributed by atoms with Crippen LogP contribution < -0.4 is 5.32 Å². The Kier molecular flexibility index (Phi) is 2.52. The van der Waals surface area contributed by atoms with Crippen LogP contribution in [0.15, 0.2) is 0 Å². The SMILES string of the molecule is CC1CCCC(C)NC1. The van der Waals surface area contributed by atoms with E-state index in [1.807, 2.05) is 0 Å². The van der Waals surface area contributed by atoms with E-state index in [-0.39, 0.29) is 0 Å². The van der Waals surface area contributed by atoms with Gasteiger partial charge in [-0.3, -0.25) is 0 Å². The highest BCUT2D eigenvalue weighted by Gasteiger charge is 2.10. The van der Waals surface area contributed by atoms with Crippen LogP contribution >= 0.6 is 0 Å². The zero-order valence-corrected chi connectivity index (χ0v) is 6.48. The Morgan fingerprint density at radius 2 is 2.00 bits per heavy atom. The lowest BCUT2D eigenvalue weighted by Gasteiger charge is -2.09. The van der Waals surface area contributed by atoms with Crippen molar-refractivity contribution >= 4 is 0 Å². The van der Waals surface area contributed by atoms with Crippen molar-refractivity contribution in [1.82, 2.24) is 5.32 Å². The molecule has 1 saturated heterocycles. The lowest BCUT2D eigenvalue weighted by atomic mass is 10.1. The number of hydrogen-bond donors (Lipinski definition) is 1. The molecule has 1 fully saturated rings. The Labute approximate surface area is 57.8 Å². The predicted molar refractivity (Wildman–Crippen MR) is 40.5 cm³/mol. The summed E-state index contributed by atoms with van der Waals surface area (Å²) in [5.74, 6) is 0.898. The maximum absolute atomic E-state index is 3.49. The highest BCUT2D eigenvalue weighted by molar-refractivity contribution is 4.69. The molecule has 1 N–H and O–H groups in total. The summed E-state index contributed by atoms with van der Waals surface area (Å²) in [6.45, 7) is 5.82. The molecule has 1 heterocycles. The highest BCUT2D eigenvalue weighted by atomic mass is 14.9. The van der Waals surface area contributed by atoms with E-state index >= 15 is 0 Å². The molecule has 1 nitrogen and oxygen atoms in total. The van der Waals surface area contributed by atoms with E-state index in [1.54, 1.807) is 0 Å². The van der Waals surface area contributed by atoms with Gasteiger partial charge < -0.3 is 5.32 Å². The van der Waals surface area contributed by atoms with Gasteiger partial charge in [0.1, 0.15) is 0 Å². The van der Waals surface area contributed by atoms with Crippen LogP contribution in [-0.4, -0.2) is 12.6 Å². The predicted octanol–water partition coefficient (Wildman–Crippen LogP) is 1.78. The van der Waals surface area contributed by atoms with Gasteiger partial charge in [0, 0.05) is 6.04 Å². The monoisotopic (exact) mass is 127 g/mol. The van der Waals surface area contributed by atoms with Gasteiger partial charge >= 0.3 is 0 Å². The van der Waals surface area contributed by atoms with Crippen molar-refractivity contribution in [3.8, 4) is 0 Å². The molecule has 0 aliphatic carbocycles. The first-order valence-electron chi connectivity index (χ1n) is 4.02. The standard InChI is InChI=1S/C8H17N/c1-7-4-3-5-8(2)9-6-7/h7-9H,3-6H2,1-2H3. The van der Waals surface area contributed by atoms with Crippen LogP contribution in [0.5, 0.6) is 0 Å². The highest BCUT2D eigenvalue weighted by Crippen LogP contribution is 2.12. The average Bonchev–Trinajstić information content (AvgIpc) is 1.97. The summed E-state index contributed by atoms with van der Waals surface area (Å²) in [6, 6.07) is 0.759. The van der Waals surface area contributed by atoms with Gasteiger partial charge in [0.2, 0.25) is 0 Å². The van der Waals surface area contributed by atoms with Crippen LogP contribution in [-0.2, 0) is 0 Å². The third-order valence-corrected chi connectivity index (χ3v) is 2.15. The molecule has 2 atom stereocenters. The van der Waals surface area contributed by atoms with E-state index in [9.17, 15) is 0 Å². The second-order valence-corrected chi connectivity index (χ2v) is 3.35. The molecule has 0 spiro atoms. The van der Waals surface area contributed by atoms with Crippen molar-refractivity contribution < 1.29 is 0 Å². The molecule has 1 rings (SSSR count). The first-order chi connectivity index (χ1) is 4.29. The molecular weight excluding hydrogens is 110 g/mol. The molecule has 0 bridgehead atoms. The largest absolute Gasteiger partial charge is 0.314 e. The minimum absolute atomic E-state index is 0.759. The van der Waals surface area contributed by atoms with Gasteiger partial charge in [0.15, 0.2) is 0 Å². The van der Waals surface area contributed by atoms with Gasteiger partial charge in [0.25, 0.3) is 0 Å². The fourth-order valence-electron chi connectivity index (χ4n) is 1.38. The molecule has 0 radical (unpaired) electrons. The summed E-state index contributed by atoms with van der Waals surface area (Å²) in [4.78, 5) is 0. The molecule has 1 heteroatoms. The van der Waals surface area contributed by atoms with Crippen molar-refractivity contribution in [3.63, 3.8) is 0 Å². The zero-order valence-electron chi connectivity index (χ0n) is 6.48. The topological polar surface area (TPSA) is 12.0 Å². The molecule has 0 aromatic rings. The van der Waals surface area contributed by atoms with Crippen LogP contribution in [0.4, 0.5) is 0 Å². The normalized spacial score (nSPS) is 38.0. The summed E-state index contributed by atoms with van der Waals surface area (Å²) in [5.41, 5.74) is 0. The average molecular weight is 127 g/mol. The third kappa shape index (κ3) is 2.35. The summed E-state index contributed by atoms with van der Waals surface area (Å²) < 4.78 is 0. The second-order valence-electron chi connectivity index (χ2n) is 3.35. The van der Waals surface area contributed by atoms with Crippen LogP contribution in [0.3, 0.4) is 0 Å². The van der Waals surface area contributed by atoms with Gasteiger partial charge in [-0.05, 0) is 32.2 Å².